The third-order valence-corrected chi connectivity index (χ3v) is 8.66. The third-order valence-electron chi connectivity index (χ3n) is 8.66. The Morgan fingerprint density at radius 3 is 2.00 bits per heavy atom. The highest BCUT2D eigenvalue weighted by molar-refractivity contribution is 6.37. The SMILES string of the molecule is CC(C)(C)NC(=O)NC(C(=O)N1CC2(C[C@H]1C(=O)N[C@H](CC1CCC1)C(=O)C(N)=O)CC2(C)C)C(C)(C)C. The summed E-state index contributed by atoms with van der Waals surface area (Å²) in [6, 6.07) is -3.15. The lowest BCUT2D eigenvalue weighted by Gasteiger charge is -2.36. The molecule has 2 aliphatic carbocycles. The van der Waals surface area contributed by atoms with E-state index >= 15 is 0 Å². The van der Waals surface area contributed by atoms with Gasteiger partial charge in [0.1, 0.15) is 12.1 Å². The van der Waals surface area contributed by atoms with Crippen molar-refractivity contribution in [2.24, 2.45) is 27.9 Å². The van der Waals surface area contributed by atoms with Crippen LogP contribution in [0.3, 0.4) is 0 Å². The summed E-state index contributed by atoms with van der Waals surface area (Å²) in [5, 5.41) is 8.47. The minimum atomic E-state index is -1.07. The number of hydrogen-bond acceptors (Lipinski definition) is 5. The number of carbonyl (C=O) groups excluding carboxylic acids is 5. The van der Waals surface area contributed by atoms with Gasteiger partial charge >= 0.3 is 6.03 Å². The number of rotatable bonds is 8. The van der Waals surface area contributed by atoms with Crippen molar-refractivity contribution >= 4 is 29.5 Å². The molecule has 1 aliphatic heterocycles. The first-order valence-corrected chi connectivity index (χ1v) is 13.8. The first-order valence-electron chi connectivity index (χ1n) is 13.8. The number of likely N-dealkylation sites (tertiary alicyclic amines) is 1. The van der Waals surface area contributed by atoms with Crippen molar-refractivity contribution in [3.8, 4) is 0 Å². The molecule has 5 amide bonds. The molecule has 2 saturated carbocycles. The Balaban J connectivity index is 1.86. The first-order chi connectivity index (χ1) is 17.3. The molecule has 10 heteroatoms. The number of nitrogens with one attached hydrogen (secondary N) is 3. The van der Waals surface area contributed by atoms with E-state index in [1.54, 1.807) is 4.90 Å². The second-order valence-corrected chi connectivity index (χ2v) is 14.5. The summed E-state index contributed by atoms with van der Waals surface area (Å²) in [5.74, 6) is -2.41. The number of nitrogens with zero attached hydrogens (tertiary/aromatic N) is 1. The van der Waals surface area contributed by atoms with E-state index < -0.39 is 52.7 Å². The molecule has 2 unspecified atom stereocenters. The van der Waals surface area contributed by atoms with Crippen LogP contribution in [-0.4, -0.2) is 64.6 Å². The van der Waals surface area contributed by atoms with Gasteiger partial charge in [0.25, 0.3) is 5.91 Å². The summed E-state index contributed by atoms with van der Waals surface area (Å²) in [4.78, 5) is 66.4. The van der Waals surface area contributed by atoms with Crippen molar-refractivity contribution in [2.75, 3.05) is 6.54 Å². The molecule has 3 aliphatic rings. The van der Waals surface area contributed by atoms with E-state index in [4.69, 9.17) is 5.73 Å². The van der Waals surface area contributed by atoms with Crippen LogP contribution in [0, 0.1) is 22.2 Å². The van der Waals surface area contributed by atoms with Crippen molar-refractivity contribution in [3.63, 3.8) is 0 Å². The summed E-state index contributed by atoms with van der Waals surface area (Å²) in [7, 11) is 0. The van der Waals surface area contributed by atoms with Crippen LogP contribution < -0.4 is 21.7 Å². The second-order valence-electron chi connectivity index (χ2n) is 14.5. The van der Waals surface area contributed by atoms with Gasteiger partial charge in [0, 0.05) is 12.1 Å². The maximum Gasteiger partial charge on any atom is 0.315 e. The molecule has 0 aromatic heterocycles. The zero-order valence-corrected chi connectivity index (χ0v) is 24.3. The molecular weight excluding hydrogens is 486 g/mol. The molecule has 3 fully saturated rings. The van der Waals surface area contributed by atoms with Gasteiger partial charge in [-0.15, -0.1) is 0 Å². The molecular formula is C28H47N5O5. The summed E-state index contributed by atoms with van der Waals surface area (Å²) in [5.41, 5.74) is 3.93. The van der Waals surface area contributed by atoms with Gasteiger partial charge in [-0.25, -0.2) is 4.79 Å². The normalized spacial score (nSPS) is 26.2. The molecule has 0 aromatic carbocycles. The van der Waals surface area contributed by atoms with Gasteiger partial charge in [0.2, 0.25) is 17.6 Å². The minimum absolute atomic E-state index is 0.0385. The molecule has 10 nitrogen and oxygen atoms in total. The molecule has 1 saturated heterocycles. The van der Waals surface area contributed by atoms with Crippen LogP contribution in [0.1, 0.15) is 93.9 Å². The number of primary amides is 1. The van der Waals surface area contributed by atoms with Crippen molar-refractivity contribution < 1.29 is 24.0 Å². The van der Waals surface area contributed by atoms with Gasteiger partial charge in [0.05, 0.1) is 6.04 Å². The van der Waals surface area contributed by atoms with Crippen LogP contribution >= 0.6 is 0 Å². The van der Waals surface area contributed by atoms with E-state index in [2.05, 4.69) is 29.8 Å². The Hall–Kier alpha value is -2.65. The zero-order valence-electron chi connectivity index (χ0n) is 24.3. The molecule has 0 radical (unpaired) electrons. The maximum absolute atomic E-state index is 14.1. The Morgan fingerprint density at radius 1 is 1.00 bits per heavy atom. The standard InChI is InChI=1S/C28H47N5O5/c1-25(2,3)20(31-24(38)32-26(4,5)6)23(37)33-15-28(14-27(28,7)8)13-18(33)22(36)30-17(19(34)21(29)35)12-16-10-9-11-16/h16-18,20H,9-15H2,1-8H3,(H2,29,35)(H,30,36)(H2,31,32,38)/t17-,18+,20?,28?/m1/s1. The maximum atomic E-state index is 14.1. The summed E-state index contributed by atoms with van der Waals surface area (Å²) < 4.78 is 0. The second kappa shape index (κ2) is 10.2. The minimum Gasteiger partial charge on any atom is -0.363 e. The highest BCUT2D eigenvalue weighted by atomic mass is 16.2. The fraction of sp³-hybridized carbons (Fsp3) is 0.821. The number of carbonyl (C=O) groups is 5. The van der Waals surface area contributed by atoms with Gasteiger partial charge in [-0.2, -0.15) is 0 Å². The van der Waals surface area contributed by atoms with Gasteiger partial charge < -0.3 is 26.6 Å². The number of urea groups is 1. The Kier molecular flexibility index (Phi) is 7.99. The van der Waals surface area contributed by atoms with Crippen LogP contribution in [0.5, 0.6) is 0 Å². The lowest BCUT2D eigenvalue weighted by Crippen LogP contribution is -2.61. The number of Topliss-reactive ketones (excluding diaryl/α,β-unsaturated/α-hetero) is 1. The van der Waals surface area contributed by atoms with Gasteiger partial charge in [-0.05, 0) is 62.2 Å². The smallest absolute Gasteiger partial charge is 0.315 e. The highest BCUT2D eigenvalue weighted by Crippen LogP contribution is 2.69. The van der Waals surface area contributed by atoms with E-state index in [0.29, 0.717) is 19.4 Å². The fourth-order valence-corrected chi connectivity index (χ4v) is 5.92. The first kappa shape index (κ1) is 29.9. The fourth-order valence-electron chi connectivity index (χ4n) is 5.92. The molecule has 3 rings (SSSR count). The predicted octanol–water partition coefficient (Wildman–Crippen LogP) is 2.25. The summed E-state index contributed by atoms with van der Waals surface area (Å²) in [6.45, 7) is 15.8. The van der Waals surface area contributed by atoms with Crippen LogP contribution in [0.15, 0.2) is 0 Å². The molecule has 38 heavy (non-hydrogen) atoms. The van der Waals surface area contributed by atoms with Crippen LogP contribution in [0.4, 0.5) is 4.79 Å². The number of ketones is 1. The van der Waals surface area contributed by atoms with E-state index in [1.165, 1.54) is 0 Å². The van der Waals surface area contributed by atoms with Crippen LogP contribution in [0.25, 0.3) is 0 Å². The zero-order chi connectivity index (χ0) is 28.8. The molecule has 1 spiro atoms. The van der Waals surface area contributed by atoms with Crippen molar-refractivity contribution in [2.45, 2.75) is 118 Å². The lowest BCUT2D eigenvalue weighted by molar-refractivity contribution is -0.143. The van der Waals surface area contributed by atoms with E-state index in [9.17, 15) is 24.0 Å². The van der Waals surface area contributed by atoms with Crippen molar-refractivity contribution in [3.05, 3.63) is 0 Å². The highest BCUT2D eigenvalue weighted by Gasteiger charge is 2.67. The quantitative estimate of drug-likeness (QED) is 0.353. The molecule has 0 bridgehead atoms. The summed E-state index contributed by atoms with van der Waals surface area (Å²) >= 11 is 0. The van der Waals surface area contributed by atoms with E-state index in [-0.39, 0.29) is 22.7 Å². The topological polar surface area (TPSA) is 151 Å². The summed E-state index contributed by atoms with van der Waals surface area (Å²) in [6.07, 6.45) is 4.64. The average molecular weight is 534 g/mol. The molecule has 1 heterocycles. The third kappa shape index (κ3) is 6.49. The number of hydrogen-bond donors (Lipinski definition) is 4. The predicted molar refractivity (Wildman–Crippen MR) is 144 cm³/mol. The van der Waals surface area contributed by atoms with Gasteiger partial charge in [-0.3, -0.25) is 19.2 Å². The van der Waals surface area contributed by atoms with E-state index in [1.807, 2.05) is 41.5 Å². The number of nitrogens with two attached hydrogens (primary N) is 1. The van der Waals surface area contributed by atoms with Gasteiger partial charge in [0.15, 0.2) is 0 Å². The molecule has 0 aromatic rings. The lowest BCUT2D eigenvalue weighted by atomic mass is 9.80. The molecule has 4 atom stereocenters. The molecule has 5 N–H and O–H groups in total. The van der Waals surface area contributed by atoms with Crippen LogP contribution in [0.2, 0.25) is 0 Å². The van der Waals surface area contributed by atoms with Crippen LogP contribution in [-0.2, 0) is 19.2 Å². The Morgan fingerprint density at radius 2 is 1.58 bits per heavy atom. The Labute approximate surface area is 226 Å². The average Bonchev–Trinajstić information content (AvgIpc) is 3.05. The number of amides is 5. The van der Waals surface area contributed by atoms with E-state index in [0.717, 1.165) is 25.7 Å². The van der Waals surface area contributed by atoms with Gasteiger partial charge in [-0.1, -0.05) is 53.9 Å². The molecule has 214 valence electrons. The van der Waals surface area contributed by atoms with Crippen molar-refractivity contribution in [1.82, 2.24) is 20.9 Å². The monoisotopic (exact) mass is 533 g/mol. The largest absolute Gasteiger partial charge is 0.363 e. The Bertz CT molecular complexity index is 991. The van der Waals surface area contributed by atoms with Crippen molar-refractivity contribution in [1.29, 1.82) is 0 Å².